The minimum absolute atomic E-state index is 0.0806. The summed E-state index contributed by atoms with van der Waals surface area (Å²) in [5.41, 5.74) is 0.716. The summed E-state index contributed by atoms with van der Waals surface area (Å²) in [5, 5.41) is 13.9. The first-order valence-corrected chi connectivity index (χ1v) is 5.86. The Morgan fingerprint density at radius 2 is 2.24 bits per heavy atom. The lowest BCUT2D eigenvalue weighted by Crippen LogP contribution is -2.07. The van der Waals surface area contributed by atoms with Gasteiger partial charge in [0.25, 0.3) is 0 Å². The summed E-state index contributed by atoms with van der Waals surface area (Å²) in [6.07, 6.45) is 3.68. The van der Waals surface area contributed by atoms with Crippen LogP contribution in [0.1, 0.15) is 32.3 Å². The van der Waals surface area contributed by atoms with E-state index in [1.165, 1.54) is 0 Å². The molecular weight excluding hydrogens is 218 g/mol. The van der Waals surface area contributed by atoms with Crippen LogP contribution in [0.15, 0.2) is 12.3 Å². The summed E-state index contributed by atoms with van der Waals surface area (Å²) in [7, 11) is 0. The first-order valence-electron chi connectivity index (χ1n) is 5.86. The van der Waals surface area contributed by atoms with Gasteiger partial charge in [0.15, 0.2) is 0 Å². The monoisotopic (exact) mass is 237 g/mol. The number of aryl methyl sites for hydroxylation is 1. The van der Waals surface area contributed by atoms with Crippen molar-refractivity contribution in [1.82, 2.24) is 4.98 Å². The van der Waals surface area contributed by atoms with E-state index in [1.54, 1.807) is 19.2 Å². The summed E-state index contributed by atoms with van der Waals surface area (Å²) in [6.45, 7) is 6.76. The zero-order valence-corrected chi connectivity index (χ0v) is 10.6. The third-order valence-electron chi connectivity index (χ3n) is 2.56. The maximum Gasteiger partial charge on any atom is 0.314 e. The fourth-order valence-corrected chi connectivity index (χ4v) is 1.63. The second kappa shape index (κ2) is 6.18. The summed E-state index contributed by atoms with van der Waals surface area (Å²) >= 11 is 0. The van der Waals surface area contributed by atoms with E-state index in [0.717, 1.165) is 19.4 Å². The molecule has 1 rings (SSSR count). The summed E-state index contributed by atoms with van der Waals surface area (Å²) < 4.78 is 0. The molecule has 5 heteroatoms. The van der Waals surface area contributed by atoms with Crippen molar-refractivity contribution in [3.8, 4) is 0 Å². The molecular formula is C12H19N3O2. The Labute approximate surface area is 101 Å². The van der Waals surface area contributed by atoms with Gasteiger partial charge in [0.1, 0.15) is 0 Å². The van der Waals surface area contributed by atoms with Gasteiger partial charge in [-0.3, -0.25) is 10.1 Å². The molecule has 1 aromatic rings. The van der Waals surface area contributed by atoms with E-state index in [9.17, 15) is 10.1 Å². The van der Waals surface area contributed by atoms with E-state index in [0.29, 0.717) is 17.3 Å². The molecule has 0 spiro atoms. The SMILES string of the molecule is Cc1ccnc(NCCCC(C)C)c1[N+](=O)[O-]. The molecule has 0 saturated heterocycles. The summed E-state index contributed by atoms with van der Waals surface area (Å²) in [6, 6.07) is 1.65. The van der Waals surface area contributed by atoms with Crippen LogP contribution in [-0.4, -0.2) is 16.5 Å². The van der Waals surface area contributed by atoms with Crippen LogP contribution in [0, 0.1) is 23.0 Å². The number of hydrogen-bond donors (Lipinski definition) is 1. The van der Waals surface area contributed by atoms with Gasteiger partial charge in [-0.05, 0) is 31.7 Å². The average molecular weight is 237 g/mol. The Bertz CT molecular complexity index is 391. The van der Waals surface area contributed by atoms with Gasteiger partial charge in [-0.2, -0.15) is 0 Å². The molecule has 0 atom stereocenters. The van der Waals surface area contributed by atoms with Crippen LogP contribution >= 0.6 is 0 Å². The van der Waals surface area contributed by atoms with Crippen molar-refractivity contribution in [3.05, 3.63) is 27.9 Å². The van der Waals surface area contributed by atoms with Crippen LogP contribution < -0.4 is 5.32 Å². The Hall–Kier alpha value is -1.65. The molecule has 0 aliphatic rings. The number of nitrogens with one attached hydrogen (secondary N) is 1. The van der Waals surface area contributed by atoms with Gasteiger partial charge < -0.3 is 5.32 Å². The van der Waals surface area contributed by atoms with Crippen molar-refractivity contribution in [2.75, 3.05) is 11.9 Å². The van der Waals surface area contributed by atoms with Crippen LogP contribution in [-0.2, 0) is 0 Å². The molecule has 0 saturated carbocycles. The maximum absolute atomic E-state index is 10.9. The molecule has 1 heterocycles. The number of nitro groups is 1. The van der Waals surface area contributed by atoms with Crippen LogP contribution in [0.4, 0.5) is 11.5 Å². The molecule has 0 aliphatic heterocycles. The maximum atomic E-state index is 10.9. The highest BCUT2D eigenvalue weighted by Crippen LogP contribution is 2.25. The largest absolute Gasteiger partial charge is 0.364 e. The van der Waals surface area contributed by atoms with E-state index in [1.807, 2.05) is 0 Å². The molecule has 0 aromatic carbocycles. The van der Waals surface area contributed by atoms with E-state index in [2.05, 4.69) is 24.1 Å². The fourth-order valence-electron chi connectivity index (χ4n) is 1.63. The second-order valence-corrected chi connectivity index (χ2v) is 4.55. The highest BCUT2D eigenvalue weighted by atomic mass is 16.6. The minimum atomic E-state index is -0.382. The molecule has 0 radical (unpaired) electrons. The number of rotatable bonds is 6. The first kappa shape index (κ1) is 13.4. The molecule has 0 bridgehead atoms. The van der Waals surface area contributed by atoms with E-state index < -0.39 is 0 Å². The lowest BCUT2D eigenvalue weighted by Gasteiger charge is -2.08. The van der Waals surface area contributed by atoms with Crippen molar-refractivity contribution < 1.29 is 4.92 Å². The van der Waals surface area contributed by atoms with E-state index in [-0.39, 0.29) is 10.6 Å². The number of hydrogen-bond acceptors (Lipinski definition) is 4. The zero-order chi connectivity index (χ0) is 12.8. The lowest BCUT2D eigenvalue weighted by atomic mass is 10.1. The number of nitrogens with zero attached hydrogens (tertiary/aromatic N) is 2. The van der Waals surface area contributed by atoms with Crippen molar-refractivity contribution in [2.24, 2.45) is 5.92 Å². The Balaban J connectivity index is 2.64. The zero-order valence-electron chi connectivity index (χ0n) is 10.6. The predicted octanol–water partition coefficient (Wildman–Crippen LogP) is 3.15. The van der Waals surface area contributed by atoms with Gasteiger partial charge in [-0.1, -0.05) is 13.8 Å². The third kappa shape index (κ3) is 4.01. The highest BCUT2D eigenvalue weighted by Gasteiger charge is 2.17. The van der Waals surface area contributed by atoms with Gasteiger partial charge in [-0.15, -0.1) is 0 Å². The van der Waals surface area contributed by atoms with Gasteiger partial charge >= 0.3 is 5.69 Å². The fraction of sp³-hybridized carbons (Fsp3) is 0.583. The van der Waals surface area contributed by atoms with Gasteiger partial charge in [0.2, 0.25) is 5.82 Å². The first-order chi connectivity index (χ1) is 8.02. The Kier molecular flexibility index (Phi) is 4.87. The van der Waals surface area contributed by atoms with Crippen LogP contribution in [0.5, 0.6) is 0 Å². The molecule has 94 valence electrons. The Morgan fingerprint density at radius 3 is 2.82 bits per heavy atom. The van der Waals surface area contributed by atoms with Crippen molar-refractivity contribution in [2.45, 2.75) is 33.6 Å². The van der Waals surface area contributed by atoms with Crippen molar-refractivity contribution >= 4 is 11.5 Å². The molecule has 0 amide bonds. The van der Waals surface area contributed by atoms with Crippen LogP contribution in [0.25, 0.3) is 0 Å². The summed E-state index contributed by atoms with van der Waals surface area (Å²) in [5.74, 6) is 1.02. The minimum Gasteiger partial charge on any atom is -0.364 e. The van der Waals surface area contributed by atoms with Gasteiger partial charge in [0.05, 0.1) is 4.92 Å². The highest BCUT2D eigenvalue weighted by molar-refractivity contribution is 5.59. The van der Waals surface area contributed by atoms with Gasteiger partial charge in [-0.25, -0.2) is 4.98 Å². The second-order valence-electron chi connectivity index (χ2n) is 4.55. The molecule has 17 heavy (non-hydrogen) atoms. The molecule has 1 N–H and O–H groups in total. The molecule has 0 unspecified atom stereocenters. The van der Waals surface area contributed by atoms with E-state index >= 15 is 0 Å². The van der Waals surface area contributed by atoms with Crippen LogP contribution in [0.2, 0.25) is 0 Å². The quantitative estimate of drug-likeness (QED) is 0.469. The van der Waals surface area contributed by atoms with Gasteiger partial charge in [0, 0.05) is 18.3 Å². The van der Waals surface area contributed by atoms with Crippen molar-refractivity contribution in [3.63, 3.8) is 0 Å². The molecule has 0 aliphatic carbocycles. The standard InChI is InChI=1S/C12H19N3O2/c1-9(2)5-4-7-13-12-11(15(16)17)10(3)6-8-14-12/h6,8-9H,4-5,7H2,1-3H3,(H,13,14). The predicted molar refractivity (Wildman–Crippen MR) is 68.2 cm³/mol. The number of anilines is 1. The smallest absolute Gasteiger partial charge is 0.314 e. The lowest BCUT2D eigenvalue weighted by molar-refractivity contribution is -0.384. The third-order valence-corrected chi connectivity index (χ3v) is 2.56. The molecule has 1 aromatic heterocycles. The normalized spacial score (nSPS) is 10.6. The summed E-state index contributed by atoms with van der Waals surface area (Å²) in [4.78, 5) is 14.6. The Morgan fingerprint density at radius 1 is 1.53 bits per heavy atom. The van der Waals surface area contributed by atoms with Crippen LogP contribution in [0.3, 0.4) is 0 Å². The van der Waals surface area contributed by atoms with E-state index in [4.69, 9.17) is 0 Å². The number of aromatic nitrogens is 1. The average Bonchev–Trinajstić information content (AvgIpc) is 2.23. The molecule has 0 fully saturated rings. The topological polar surface area (TPSA) is 68.1 Å². The van der Waals surface area contributed by atoms with Crippen molar-refractivity contribution in [1.29, 1.82) is 0 Å². The number of pyridine rings is 1. The molecule has 5 nitrogen and oxygen atoms in total.